The molecule has 0 saturated heterocycles. The highest BCUT2D eigenvalue weighted by Crippen LogP contribution is 2.45. The number of fused-ring (bicyclic) bond motifs is 1. The Morgan fingerprint density at radius 3 is 2.60 bits per heavy atom. The molecule has 2 N–H and O–H groups in total. The fourth-order valence-electron chi connectivity index (χ4n) is 3.60. The van der Waals surface area contributed by atoms with Gasteiger partial charge in [0, 0.05) is 28.5 Å². The Hall–Kier alpha value is -3.31. The minimum Gasteiger partial charge on any atom is -0.478 e. The van der Waals surface area contributed by atoms with E-state index in [0.717, 1.165) is 52.2 Å². The first kappa shape index (κ1) is 20.0. The maximum absolute atomic E-state index is 13.6. The van der Waals surface area contributed by atoms with Crippen LogP contribution in [0.25, 0.3) is 28.1 Å². The molecule has 1 fully saturated rings. The van der Waals surface area contributed by atoms with Crippen molar-refractivity contribution in [3.8, 4) is 11.1 Å². The first-order chi connectivity index (χ1) is 14.5. The predicted molar refractivity (Wildman–Crippen MR) is 116 cm³/mol. The minimum atomic E-state index is -1.04. The van der Waals surface area contributed by atoms with Crippen LogP contribution in [0.15, 0.2) is 66.8 Å². The molecule has 1 aliphatic rings. The van der Waals surface area contributed by atoms with Crippen molar-refractivity contribution in [2.75, 3.05) is 0 Å². The highest BCUT2D eigenvalue weighted by atomic mass is 19.1. The monoisotopic (exact) mass is 403 g/mol. The molecule has 3 aromatic rings. The molecular formula is C25H22FNO3. The SMILES string of the molecule is O=C(O)/C=C/C[C@H](O)/C=C/c1c(C2CC2)nc2ccccc2c1-c1ccc(F)cc1. The molecule has 1 heterocycles. The lowest BCUT2D eigenvalue weighted by Gasteiger charge is -2.16. The van der Waals surface area contributed by atoms with E-state index >= 15 is 0 Å². The number of halogens is 1. The van der Waals surface area contributed by atoms with E-state index in [1.165, 1.54) is 18.2 Å². The summed E-state index contributed by atoms with van der Waals surface area (Å²) in [6.07, 6.45) is 7.50. The van der Waals surface area contributed by atoms with Gasteiger partial charge in [-0.1, -0.05) is 48.6 Å². The number of carboxylic acid groups (broad SMARTS) is 1. The topological polar surface area (TPSA) is 70.4 Å². The number of aliphatic hydroxyl groups is 1. The molecular weight excluding hydrogens is 381 g/mol. The number of aliphatic carboxylic acids is 1. The molecule has 0 aliphatic heterocycles. The average molecular weight is 403 g/mol. The molecule has 1 aromatic heterocycles. The molecule has 0 unspecified atom stereocenters. The molecule has 0 spiro atoms. The third kappa shape index (κ3) is 4.47. The maximum Gasteiger partial charge on any atom is 0.327 e. The predicted octanol–water partition coefficient (Wildman–Crippen LogP) is 5.32. The van der Waals surface area contributed by atoms with Gasteiger partial charge in [-0.15, -0.1) is 0 Å². The Balaban J connectivity index is 1.83. The van der Waals surface area contributed by atoms with Crippen molar-refractivity contribution in [3.63, 3.8) is 0 Å². The number of pyridine rings is 1. The zero-order valence-corrected chi connectivity index (χ0v) is 16.3. The fraction of sp³-hybridized carbons (Fsp3) is 0.200. The minimum absolute atomic E-state index is 0.203. The van der Waals surface area contributed by atoms with Crippen LogP contribution in [0.1, 0.15) is 36.4 Å². The normalized spacial score (nSPS) is 15.3. The van der Waals surface area contributed by atoms with Gasteiger partial charge in [-0.2, -0.15) is 0 Å². The van der Waals surface area contributed by atoms with Crippen LogP contribution in [0.5, 0.6) is 0 Å². The van der Waals surface area contributed by atoms with Crippen molar-refractivity contribution in [1.82, 2.24) is 4.98 Å². The number of aromatic nitrogens is 1. The third-order valence-corrected chi connectivity index (χ3v) is 5.18. The number of nitrogens with zero attached hydrogens (tertiary/aromatic N) is 1. The standard InChI is InChI=1S/C25H22FNO3/c26-18-12-10-16(11-13-18)24-20-5-1-2-6-22(20)27-25(17-8-9-17)21(24)15-14-19(28)4-3-7-23(29)30/h1-3,5-7,10-15,17,19,28H,4,8-9H2,(H,29,30)/b7-3+,15-14+/t19-/m0/s1. The molecule has 4 nitrogen and oxygen atoms in total. The van der Waals surface area contributed by atoms with Gasteiger partial charge in [0.25, 0.3) is 0 Å². The highest BCUT2D eigenvalue weighted by Gasteiger charge is 2.29. The molecule has 30 heavy (non-hydrogen) atoms. The summed E-state index contributed by atoms with van der Waals surface area (Å²) in [4.78, 5) is 15.5. The second kappa shape index (κ2) is 8.59. The summed E-state index contributed by atoms with van der Waals surface area (Å²) >= 11 is 0. The Morgan fingerprint density at radius 1 is 1.17 bits per heavy atom. The van der Waals surface area contributed by atoms with Crippen LogP contribution in [-0.4, -0.2) is 27.3 Å². The van der Waals surface area contributed by atoms with Gasteiger partial charge in [-0.3, -0.25) is 4.98 Å². The van der Waals surface area contributed by atoms with Gasteiger partial charge in [0.15, 0.2) is 0 Å². The molecule has 1 saturated carbocycles. The molecule has 4 rings (SSSR count). The molecule has 5 heteroatoms. The molecule has 152 valence electrons. The number of hydrogen-bond acceptors (Lipinski definition) is 3. The second-order valence-corrected chi connectivity index (χ2v) is 7.49. The number of carboxylic acids is 1. The summed E-state index contributed by atoms with van der Waals surface area (Å²) in [5.41, 5.74) is 4.64. The van der Waals surface area contributed by atoms with Gasteiger partial charge in [-0.25, -0.2) is 9.18 Å². The number of aliphatic hydroxyl groups excluding tert-OH is 1. The zero-order chi connectivity index (χ0) is 21.1. The number of carbonyl (C=O) groups is 1. The van der Waals surface area contributed by atoms with E-state index in [1.807, 2.05) is 30.3 Å². The van der Waals surface area contributed by atoms with Crippen molar-refractivity contribution in [2.45, 2.75) is 31.3 Å². The molecule has 1 aliphatic carbocycles. The van der Waals surface area contributed by atoms with E-state index in [2.05, 4.69) is 0 Å². The van der Waals surface area contributed by atoms with Gasteiger partial charge in [0.05, 0.1) is 17.3 Å². The van der Waals surface area contributed by atoms with Gasteiger partial charge < -0.3 is 10.2 Å². The fourth-order valence-corrected chi connectivity index (χ4v) is 3.60. The lowest BCUT2D eigenvalue weighted by Crippen LogP contribution is -2.02. The van der Waals surface area contributed by atoms with Crippen LogP contribution in [0.2, 0.25) is 0 Å². The number of benzene rings is 2. The second-order valence-electron chi connectivity index (χ2n) is 7.49. The summed E-state index contributed by atoms with van der Waals surface area (Å²) < 4.78 is 13.6. The van der Waals surface area contributed by atoms with Gasteiger partial charge >= 0.3 is 5.97 Å². The maximum atomic E-state index is 13.6. The van der Waals surface area contributed by atoms with Gasteiger partial charge in [0.2, 0.25) is 0 Å². The zero-order valence-electron chi connectivity index (χ0n) is 16.3. The summed E-state index contributed by atoms with van der Waals surface area (Å²) in [5, 5.41) is 19.9. The molecule has 0 amide bonds. The van der Waals surface area contributed by atoms with Gasteiger partial charge in [0.1, 0.15) is 5.82 Å². The Bertz CT molecular complexity index is 1130. The number of hydrogen-bond donors (Lipinski definition) is 2. The Morgan fingerprint density at radius 2 is 1.90 bits per heavy atom. The van der Waals surface area contributed by atoms with E-state index in [0.29, 0.717) is 5.92 Å². The lowest BCUT2D eigenvalue weighted by atomic mass is 9.92. The van der Waals surface area contributed by atoms with E-state index in [1.54, 1.807) is 18.2 Å². The number of para-hydroxylation sites is 1. The smallest absolute Gasteiger partial charge is 0.327 e. The summed E-state index contributed by atoms with van der Waals surface area (Å²) in [5.74, 6) is -0.964. The molecule has 0 bridgehead atoms. The molecule has 1 atom stereocenters. The van der Waals surface area contributed by atoms with E-state index in [-0.39, 0.29) is 12.2 Å². The third-order valence-electron chi connectivity index (χ3n) is 5.18. The van der Waals surface area contributed by atoms with Crippen molar-refractivity contribution < 1.29 is 19.4 Å². The van der Waals surface area contributed by atoms with E-state index in [4.69, 9.17) is 10.1 Å². The van der Waals surface area contributed by atoms with Crippen LogP contribution in [0.3, 0.4) is 0 Å². The van der Waals surface area contributed by atoms with Crippen LogP contribution in [0.4, 0.5) is 4.39 Å². The quantitative estimate of drug-likeness (QED) is 0.524. The van der Waals surface area contributed by atoms with E-state index < -0.39 is 12.1 Å². The van der Waals surface area contributed by atoms with Crippen molar-refractivity contribution >= 4 is 22.9 Å². The highest BCUT2D eigenvalue weighted by molar-refractivity contribution is 5.99. The Labute approximate surface area is 174 Å². The lowest BCUT2D eigenvalue weighted by molar-refractivity contribution is -0.131. The molecule has 2 aromatic carbocycles. The van der Waals surface area contributed by atoms with Crippen molar-refractivity contribution in [2.24, 2.45) is 0 Å². The molecule has 0 radical (unpaired) electrons. The average Bonchev–Trinajstić information content (AvgIpc) is 3.57. The van der Waals surface area contributed by atoms with Crippen molar-refractivity contribution in [3.05, 3.63) is 83.8 Å². The summed E-state index contributed by atoms with van der Waals surface area (Å²) in [6, 6.07) is 14.3. The van der Waals surface area contributed by atoms with Crippen molar-refractivity contribution in [1.29, 1.82) is 0 Å². The van der Waals surface area contributed by atoms with Crippen LogP contribution in [-0.2, 0) is 4.79 Å². The van der Waals surface area contributed by atoms with Crippen LogP contribution >= 0.6 is 0 Å². The van der Waals surface area contributed by atoms with Crippen LogP contribution in [0, 0.1) is 5.82 Å². The van der Waals surface area contributed by atoms with E-state index in [9.17, 15) is 14.3 Å². The Kier molecular flexibility index (Phi) is 5.72. The van der Waals surface area contributed by atoms with Gasteiger partial charge in [-0.05, 0) is 43.0 Å². The largest absolute Gasteiger partial charge is 0.478 e. The van der Waals surface area contributed by atoms with Crippen LogP contribution < -0.4 is 0 Å². The first-order valence-electron chi connectivity index (χ1n) is 9.97. The summed E-state index contributed by atoms with van der Waals surface area (Å²) in [7, 11) is 0. The summed E-state index contributed by atoms with van der Waals surface area (Å²) in [6.45, 7) is 0. The first-order valence-corrected chi connectivity index (χ1v) is 9.97. The number of rotatable bonds is 7.